The molecule has 0 bridgehead atoms. The highest BCUT2D eigenvalue weighted by atomic mass is 79.9. The molecule has 2 N–H and O–H groups in total. The zero-order chi connectivity index (χ0) is 13.1. The predicted molar refractivity (Wildman–Crippen MR) is 80.3 cm³/mol. The van der Waals surface area contributed by atoms with Crippen LogP contribution >= 0.6 is 28.3 Å². The highest BCUT2D eigenvalue weighted by molar-refractivity contribution is 9.10. The van der Waals surface area contributed by atoms with E-state index in [0.29, 0.717) is 19.7 Å². The van der Waals surface area contributed by atoms with Crippen LogP contribution in [0.5, 0.6) is 0 Å². The predicted octanol–water partition coefficient (Wildman–Crippen LogP) is 2.12. The molecule has 0 aromatic heterocycles. The highest BCUT2D eigenvalue weighted by Gasteiger charge is 2.26. The normalized spacial score (nSPS) is 20.6. The van der Waals surface area contributed by atoms with Crippen LogP contribution in [0.3, 0.4) is 0 Å². The minimum absolute atomic E-state index is 0. The van der Waals surface area contributed by atoms with Crippen LogP contribution < -0.4 is 5.73 Å². The molecular formula is C13H18BrClN2O2. The van der Waals surface area contributed by atoms with E-state index < -0.39 is 6.04 Å². The number of carbonyl (C=O) groups is 1. The summed E-state index contributed by atoms with van der Waals surface area (Å²) >= 11 is 3.44. The van der Waals surface area contributed by atoms with Gasteiger partial charge in [0, 0.05) is 11.0 Å². The number of carbonyl (C=O) groups excluding carboxylic acids is 1. The smallest absolute Gasteiger partial charge is 0.239 e. The maximum absolute atomic E-state index is 11.9. The van der Waals surface area contributed by atoms with Crippen molar-refractivity contribution in [1.82, 2.24) is 4.90 Å². The van der Waals surface area contributed by atoms with E-state index in [-0.39, 0.29) is 24.4 Å². The Bertz CT molecular complexity index is 442. The molecule has 1 heterocycles. The molecule has 1 aliphatic heterocycles. The van der Waals surface area contributed by atoms with E-state index in [2.05, 4.69) is 15.9 Å². The van der Waals surface area contributed by atoms with E-state index >= 15 is 0 Å². The molecular weight excluding hydrogens is 332 g/mol. The van der Waals surface area contributed by atoms with Gasteiger partial charge in [-0.2, -0.15) is 0 Å². The molecule has 19 heavy (non-hydrogen) atoms. The maximum Gasteiger partial charge on any atom is 0.239 e. The second-order valence-electron chi connectivity index (χ2n) is 4.49. The fourth-order valence-electron chi connectivity index (χ4n) is 2.05. The maximum atomic E-state index is 11.9. The molecule has 1 fully saturated rings. The third-order valence-corrected chi connectivity index (χ3v) is 3.48. The lowest BCUT2D eigenvalue weighted by molar-refractivity contribution is -0.140. The zero-order valence-corrected chi connectivity index (χ0v) is 13.1. The van der Waals surface area contributed by atoms with E-state index in [9.17, 15) is 4.79 Å². The summed E-state index contributed by atoms with van der Waals surface area (Å²) in [5.41, 5.74) is 6.71. The van der Waals surface area contributed by atoms with Gasteiger partial charge in [0.05, 0.1) is 19.2 Å². The molecule has 6 heteroatoms. The largest absolute Gasteiger partial charge is 0.370 e. The van der Waals surface area contributed by atoms with Gasteiger partial charge in [0.15, 0.2) is 0 Å². The Morgan fingerprint density at radius 2 is 2.32 bits per heavy atom. The van der Waals surface area contributed by atoms with Gasteiger partial charge >= 0.3 is 0 Å². The molecule has 1 aromatic rings. The van der Waals surface area contributed by atoms with Crippen molar-refractivity contribution in [2.24, 2.45) is 5.73 Å². The fourth-order valence-corrected chi connectivity index (χ4v) is 2.46. The number of morpholine rings is 1. The van der Waals surface area contributed by atoms with Crippen LogP contribution in [0.15, 0.2) is 28.7 Å². The molecule has 1 saturated heterocycles. The Hall–Kier alpha value is -0.620. The van der Waals surface area contributed by atoms with Gasteiger partial charge in [-0.25, -0.2) is 0 Å². The monoisotopic (exact) mass is 348 g/mol. The van der Waals surface area contributed by atoms with Crippen LogP contribution in [-0.2, 0) is 9.53 Å². The van der Waals surface area contributed by atoms with Gasteiger partial charge in [0.25, 0.3) is 0 Å². The van der Waals surface area contributed by atoms with Crippen molar-refractivity contribution in [3.05, 3.63) is 34.3 Å². The summed E-state index contributed by atoms with van der Waals surface area (Å²) in [7, 11) is 0. The van der Waals surface area contributed by atoms with Crippen molar-refractivity contribution in [2.75, 3.05) is 19.7 Å². The van der Waals surface area contributed by atoms with E-state index in [4.69, 9.17) is 10.5 Å². The van der Waals surface area contributed by atoms with Crippen LogP contribution in [0.1, 0.15) is 18.6 Å². The van der Waals surface area contributed by atoms with Crippen LogP contribution in [0.2, 0.25) is 0 Å². The van der Waals surface area contributed by atoms with Gasteiger partial charge < -0.3 is 15.4 Å². The number of hydrogen-bond donors (Lipinski definition) is 1. The summed E-state index contributed by atoms with van der Waals surface area (Å²) in [5.74, 6) is -0.0155. The number of rotatable bonds is 2. The average Bonchev–Trinajstić information content (AvgIpc) is 2.38. The van der Waals surface area contributed by atoms with Crippen molar-refractivity contribution >= 4 is 34.2 Å². The molecule has 0 aliphatic carbocycles. The Balaban J connectivity index is 0.00000180. The standard InChI is InChI=1S/C13H17BrN2O2.ClH/c1-9(15)13(17)16-5-6-18-12(8-16)10-3-2-4-11(14)7-10;/h2-4,7,9,12H,5-6,8,15H2,1H3;1H/t9-,12?;/m0./s1. The molecule has 1 unspecified atom stereocenters. The summed E-state index contributed by atoms with van der Waals surface area (Å²) < 4.78 is 6.74. The number of nitrogens with two attached hydrogens (primary N) is 1. The van der Waals surface area contributed by atoms with Crippen LogP contribution in [-0.4, -0.2) is 36.5 Å². The van der Waals surface area contributed by atoms with E-state index in [0.717, 1.165) is 10.0 Å². The minimum atomic E-state index is -0.453. The van der Waals surface area contributed by atoms with Crippen molar-refractivity contribution in [2.45, 2.75) is 19.1 Å². The van der Waals surface area contributed by atoms with E-state index in [1.54, 1.807) is 11.8 Å². The lowest BCUT2D eigenvalue weighted by Gasteiger charge is -2.34. The molecule has 2 atom stereocenters. The first kappa shape index (κ1) is 16.4. The van der Waals surface area contributed by atoms with Gasteiger partial charge in [0.1, 0.15) is 6.10 Å². The number of hydrogen-bond acceptors (Lipinski definition) is 3. The molecule has 2 rings (SSSR count). The van der Waals surface area contributed by atoms with Crippen molar-refractivity contribution in [1.29, 1.82) is 0 Å². The Morgan fingerprint density at radius 3 is 2.95 bits per heavy atom. The van der Waals surface area contributed by atoms with Crippen molar-refractivity contribution < 1.29 is 9.53 Å². The lowest BCUT2D eigenvalue weighted by Crippen LogP contribution is -2.48. The van der Waals surface area contributed by atoms with Gasteiger partial charge in [-0.15, -0.1) is 12.4 Å². The molecule has 0 radical (unpaired) electrons. The molecule has 1 aromatic carbocycles. The summed E-state index contributed by atoms with van der Waals surface area (Å²) in [5, 5.41) is 0. The number of halogens is 2. The van der Waals surface area contributed by atoms with Crippen molar-refractivity contribution in [3.8, 4) is 0 Å². The Morgan fingerprint density at radius 1 is 1.58 bits per heavy atom. The average molecular weight is 350 g/mol. The fraction of sp³-hybridized carbons (Fsp3) is 0.462. The SMILES string of the molecule is C[C@H](N)C(=O)N1CCOC(c2cccc(Br)c2)C1.Cl. The molecule has 1 aliphatic rings. The minimum Gasteiger partial charge on any atom is -0.370 e. The topological polar surface area (TPSA) is 55.6 Å². The second kappa shape index (κ2) is 7.24. The first-order chi connectivity index (χ1) is 8.58. The lowest BCUT2D eigenvalue weighted by atomic mass is 10.1. The molecule has 0 spiro atoms. The number of amides is 1. The third-order valence-electron chi connectivity index (χ3n) is 2.99. The summed E-state index contributed by atoms with van der Waals surface area (Å²) in [6.45, 7) is 3.45. The van der Waals surface area contributed by atoms with Gasteiger partial charge in [-0.3, -0.25) is 4.79 Å². The Labute approximate surface area is 127 Å². The first-order valence-corrected chi connectivity index (χ1v) is 6.78. The summed E-state index contributed by atoms with van der Waals surface area (Å²) in [4.78, 5) is 13.7. The Kier molecular flexibility index (Phi) is 6.26. The number of nitrogens with zero attached hydrogens (tertiary/aromatic N) is 1. The molecule has 4 nitrogen and oxygen atoms in total. The number of benzene rings is 1. The second-order valence-corrected chi connectivity index (χ2v) is 5.40. The van der Waals surface area contributed by atoms with Gasteiger partial charge in [0.2, 0.25) is 5.91 Å². The van der Waals surface area contributed by atoms with E-state index in [1.165, 1.54) is 0 Å². The molecule has 1 amide bonds. The third kappa shape index (κ3) is 4.18. The quantitative estimate of drug-likeness (QED) is 0.890. The van der Waals surface area contributed by atoms with Gasteiger partial charge in [-0.05, 0) is 24.6 Å². The molecule has 0 saturated carbocycles. The van der Waals surface area contributed by atoms with Gasteiger partial charge in [-0.1, -0.05) is 28.1 Å². The van der Waals surface area contributed by atoms with Crippen LogP contribution in [0.25, 0.3) is 0 Å². The van der Waals surface area contributed by atoms with E-state index in [1.807, 2.05) is 24.3 Å². The number of ether oxygens (including phenoxy) is 1. The molecule has 106 valence electrons. The summed E-state index contributed by atoms with van der Waals surface area (Å²) in [6.07, 6.45) is -0.0704. The van der Waals surface area contributed by atoms with Crippen LogP contribution in [0, 0.1) is 0 Å². The highest BCUT2D eigenvalue weighted by Crippen LogP contribution is 2.24. The van der Waals surface area contributed by atoms with Crippen LogP contribution in [0.4, 0.5) is 0 Å². The zero-order valence-electron chi connectivity index (χ0n) is 10.7. The summed E-state index contributed by atoms with van der Waals surface area (Å²) in [6, 6.07) is 7.51. The first-order valence-electron chi connectivity index (χ1n) is 5.99. The van der Waals surface area contributed by atoms with Crippen molar-refractivity contribution in [3.63, 3.8) is 0 Å².